The van der Waals surface area contributed by atoms with Crippen molar-refractivity contribution >= 4 is 6.21 Å². The van der Waals surface area contributed by atoms with Crippen LogP contribution in [0.1, 0.15) is 6.92 Å². The molecule has 0 aromatic carbocycles. The minimum atomic E-state index is 0. The molecular formula is C2H4NY-. The molecular weight excluding hydrogens is 127 g/mol. The molecule has 0 aliphatic heterocycles. The van der Waals surface area contributed by atoms with E-state index in [0.717, 1.165) is 6.21 Å². The molecule has 0 aromatic rings. The predicted octanol–water partition coefficient (Wildman–Crippen LogP) is 0.644. The van der Waals surface area contributed by atoms with Crippen LogP contribution in [-0.2, 0) is 32.7 Å². The van der Waals surface area contributed by atoms with E-state index in [2.05, 4.69) is 0 Å². The fraction of sp³-hybridized carbons (Fsp3) is 0.500. The molecule has 1 radical (unpaired) electrons. The largest absolute Gasteiger partial charge is 0.814 e. The number of hydrogen-bond acceptors (Lipinski definition) is 0. The van der Waals surface area contributed by atoms with Crippen LogP contribution >= 0.6 is 0 Å². The van der Waals surface area contributed by atoms with Gasteiger partial charge in [-0.05, 0) is 0 Å². The van der Waals surface area contributed by atoms with Crippen LogP contribution in [0.15, 0.2) is 0 Å². The first-order valence-electron chi connectivity index (χ1n) is 0.836. The molecule has 0 aliphatic rings. The Morgan fingerprint density at radius 3 is 1.75 bits per heavy atom. The molecule has 0 spiro atoms. The van der Waals surface area contributed by atoms with E-state index in [1.54, 1.807) is 6.92 Å². The maximum atomic E-state index is 7.44. The number of nitrogens with zero attached hydrogens (tertiary/aromatic N) is 1. The Morgan fingerprint density at radius 2 is 1.75 bits per heavy atom. The van der Waals surface area contributed by atoms with E-state index < -0.39 is 0 Å². The Hall–Kier alpha value is 0.774. The second-order valence-electron chi connectivity index (χ2n) is 0.258. The van der Waals surface area contributed by atoms with Gasteiger partial charge in [-0.2, -0.15) is 0 Å². The average molecular weight is 131 g/mol. The van der Waals surface area contributed by atoms with Gasteiger partial charge < -0.3 is 5.41 Å². The van der Waals surface area contributed by atoms with Gasteiger partial charge in [-0.3, -0.25) is 0 Å². The first kappa shape index (κ1) is 8.84. The van der Waals surface area contributed by atoms with Gasteiger partial charge in [0.2, 0.25) is 0 Å². The molecule has 0 saturated heterocycles. The summed E-state index contributed by atoms with van der Waals surface area (Å²) >= 11 is 0. The maximum absolute atomic E-state index is 7.44. The smallest absolute Gasteiger partial charge is 0 e. The molecule has 0 aromatic heterocycles. The van der Waals surface area contributed by atoms with Gasteiger partial charge in [-0.1, -0.05) is 6.92 Å². The Bertz CT molecular complexity index is 13.5. The SMILES string of the molecule is CC=[N-].[Y]. The zero-order valence-electron chi connectivity index (χ0n) is 2.60. The van der Waals surface area contributed by atoms with Crippen molar-refractivity contribution in [2.75, 3.05) is 0 Å². The summed E-state index contributed by atoms with van der Waals surface area (Å²) in [5.41, 5.74) is 0. The van der Waals surface area contributed by atoms with E-state index in [0.29, 0.717) is 0 Å². The van der Waals surface area contributed by atoms with Crippen molar-refractivity contribution in [1.29, 1.82) is 0 Å². The Kier molecular flexibility index (Phi) is 20.4. The first-order valence-corrected chi connectivity index (χ1v) is 0.836. The molecule has 0 N–H and O–H groups in total. The molecule has 0 fully saturated rings. The monoisotopic (exact) mass is 131 g/mol. The summed E-state index contributed by atoms with van der Waals surface area (Å²) in [7, 11) is 0. The third-order valence-electron chi connectivity index (χ3n) is 0. The van der Waals surface area contributed by atoms with Gasteiger partial charge in [0, 0.05) is 32.7 Å². The third kappa shape index (κ3) is 14.6. The van der Waals surface area contributed by atoms with Gasteiger partial charge in [0.05, 0.1) is 0 Å². The summed E-state index contributed by atoms with van der Waals surface area (Å²) in [6, 6.07) is 0. The summed E-state index contributed by atoms with van der Waals surface area (Å²) in [6.07, 6.45) is 1.00. The van der Waals surface area contributed by atoms with Gasteiger partial charge >= 0.3 is 0 Å². The summed E-state index contributed by atoms with van der Waals surface area (Å²) in [5, 5.41) is 7.44. The van der Waals surface area contributed by atoms with E-state index >= 15 is 0 Å². The predicted molar refractivity (Wildman–Crippen MR) is 15.1 cm³/mol. The zero-order valence-corrected chi connectivity index (χ0v) is 5.44. The standard InChI is InChI=1S/C2H4N.Y/c1-2-3;/h2H,1H3;/q-1;. The quantitative estimate of drug-likeness (QED) is 0.430. The molecule has 21 valence electrons. The number of hydrogen-bond donors (Lipinski definition) is 0. The Balaban J connectivity index is 0. The average Bonchev–Trinajstić information content (AvgIpc) is 0.918. The van der Waals surface area contributed by atoms with E-state index in [4.69, 9.17) is 5.41 Å². The second kappa shape index (κ2) is 9.23. The molecule has 0 heterocycles. The van der Waals surface area contributed by atoms with Gasteiger partial charge in [0.15, 0.2) is 0 Å². The van der Waals surface area contributed by atoms with Gasteiger partial charge in [0.1, 0.15) is 0 Å². The van der Waals surface area contributed by atoms with Crippen molar-refractivity contribution in [2.24, 2.45) is 0 Å². The fourth-order valence-electron chi connectivity index (χ4n) is 0. The van der Waals surface area contributed by atoms with Gasteiger partial charge in [-0.15, -0.1) is 0 Å². The molecule has 0 aliphatic carbocycles. The molecule has 1 nitrogen and oxygen atoms in total. The van der Waals surface area contributed by atoms with Crippen LogP contribution in [0.4, 0.5) is 0 Å². The van der Waals surface area contributed by atoms with Crippen LogP contribution in [0, 0.1) is 0 Å². The number of rotatable bonds is 0. The van der Waals surface area contributed by atoms with Crippen LogP contribution in [-0.4, -0.2) is 6.21 Å². The molecule has 0 bridgehead atoms. The molecule has 2 heteroatoms. The van der Waals surface area contributed by atoms with Crippen molar-refractivity contribution in [3.05, 3.63) is 5.41 Å². The van der Waals surface area contributed by atoms with Crippen LogP contribution in [0.2, 0.25) is 0 Å². The molecule has 0 saturated carbocycles. The summed E-state index contributed by atoms with van der Waals surface area (Å²) < 4.78 is 0. The van der Waals surface area contributed by atoms with Crippen molar-refractivity contribution in [1.82, 2.24) is 0 Å². The zero-order chi connectivity index (χ0) is 2.71. The third-order valence-corrected chi connectivity index (χ3v) is 0. The molecule has 0 atom stereocenters. The molecule has 0 amide bonds. The van der Waals surface area contributed by atoms with Crippen LogP contribution < -0.4 is 0 Å². The van der Waals surface area contributed by atoms with Crippen molar-refractivity contribution in [3.8, 4) is 0 Å². The minimum absolute atomic E-state index is 0. The van der Waals surface area contributed by atoms with Crippen molar-refractivity contribution in [3.63, 3.8) is 0 Å². The van der Waals surface area contributed by atoms with E-state index in [1.807, 2.05) is 0 Å². The van der Waals surface area contributed by atoms with E-state index in [9.17, 15) is 0 Å². The second-order valence-corrected chi connectivity index (χ2v) is 0.258. The van der Waals surface area contributed by atoms with Crippen LogP contribution in [0.5, 0.6) is 0 Å². The summed E-state index contributed by atoms with van der Waals surface area (Å²) in [5.74, 6) is 0. The van der Waals surface area contributed by atoms with Gasteiger partial charge in [0.25, 0.3) is 0 Å². The first-order chi connectivity index (χ1) is 1.41. The molecule has 0 unspecified atom stereocenters. The van der Waals surface area contributed by atoms with E-state index in [1.165, 1.54) is 0 Å². The van der Waals surface area contributed by atoms with Crippen LogP contribution in [0.25, 0.3) is 5.41 Å². The normalized spacial score (nSPS) is 3.25. The van der Waals surface area contributed by atoms with Crippen molar-refractivity contribution in [2.45, 2.75) is 6.92 Å². The maximum Gasteiger partial charge on any atom is 0 e. The molecule has 0 rings (SSSR count). The van der Waals surface area contributed by atoms with Gasteiger partial charge in [-0.25, -0.2) is 6.21 Å². The summed E-state index contributed by atoms with van der Waals surface area (Å²) in [4.78, 5) is 0. The topological polar surface area (TPSA) is 22.3 Å². The van der Waals surface area contributed by atoms with Crippen molar-refractivity contribution < 1.29 is 32.7 Å². The Labute approximate surface area is 51.2 Å². The fourth-order valence-corrected chi connectivity index (χ4v) is 0. The van der Waals surface area contributed by atoms with Crippen LogP contribution in [0.3, 0.4) is 0 Å². The minimum Gasteiger partial charge on any atom is -0.814 e. The van der Waals surface area contributed by atoms with E-state index in [-0.39, 0.29) is 32.7 Å². The Morgan fingerprint density at radius 1 is 1.75 bits per heavy atom. The summed E-state index contributed by atoms with van der Waals surface area (Å²) in [6.45, 7) is 1.56. The molecule has 4 heavy (non-hydrogen) atoms.